The molecule has 1 heterocycles. The topological polar surface area (TPSA) is 68.0 Å². The van der Waals surface area contributed by atoms with E-state index in [0.29, 0.717) is 10.8 Å². The molecule has 1 amide bonds. The highest BCUT2D eigenvalue weighted by atomic mass is 32.2. The minimum absolute atomic E-state index is 0.0167. The number of carbonyl (C=O) groups is 1. The molecule has 1 aromatic heterocycles. The number of amides is 1. The molecule has 0 saturated carbocycles. The lowest BCUT2D eigenvalue weighted by atomic mass is 10.2. The molecular formula is C16H12FN3O2S. The van der Waals surface area contributed by atoms with Crippen LogP contribution >= 0.6 is 11.8 Å². The van der Waals surface area contributed by atoms with Gasteiger partial charge in [0, 0.05) is 10.5 Å². The predicted octanol–water partition coefficient (Wildman–Crippen LogP) is 3.61. The third-order valence-electron chi connectivity index (χ3n) is 2.89. The minimum Gasteiger partial charge on any atom is -0.403 e. The summed E-state index contributed by atoms with van der Waals surface area (Å²) in [6.07, 6.45) is 0. The van der Waals surface area contributed by atoms with E-state index in [9.17, 15) is 9.18 Å². The van der Waals surface area contributed by atoms with Crippen LogP contribution in [0.5, 0.6) is 0 Å². The van der Waals surface area contributed by atoms with E-state index in [2.05, 4.69) is 15.5 Å². The summed E-state index contributed by atoms with van der Waals surface area (Å²) in [7, 11) is 0. The van der Waals surface area contributed by atoms with E-state index in [-0.39, 0.29) is 23.5 Å². The van der Waals surface area contributed by atoms with Gasteiger partial charge in [-0.2, -0.15) is 0 Å². The second kappa shape index (κ2) is 7.06. The number of anilines is 1. The first-order chi connectivity index (χ1) is 11.2. The van der Waals surface area contributed by atoms with Crippen molar-refractivity contribution in [3.05, 3.63) is 60.4 Å². The number of rotatable bonds is 5. The Morgan fingerprint density at radius 3 is 2.61 bits per heavy atom. The van der Waals surface area contributed by atoms with Crippen LogP contribution in [-0.4, -0.2) is 21.9 Å². The highest BCUT2D eigenvalue weighted by Gasteiger charge is 2.12. The van der Waals surface area contributed by atoms with Gasteiger partial charge in [-0.15, -0.1) is 16.9 Å². The Morgan fingerprint density at radius 1 is 1.09 bits per heavy atom. The molecule has 3 aromatic rings. The Hall–Kier alpha value is -2.67. The van der Waals surface area contributed by atoms with E-state index in [1.165, 1.54) is 6.07 Å². The Kier molecular flexibility index (Phi) is 4.68. The van der Waals surface area contributed by atoms with Gasteiger partial charge in [0.15, 0.2) is 0 Å². The molecule has 7 heteroatoms. The number of thioether (sulfide) groups is 1. The molecule has 1 N–H and O–H groups in total. The highest BCUT2D eigenvalue weighted by molar-refractivity contribution is 8.00. The summed E-state index contributed by atoms with van der Waals surface area (Å²) < 4.78 is 18.8. The van der Waals surface area contributed by atoms with Crippen molar-refractivity contribution in [3.8, 4) is 11.5 Å². The molecule has 0 atom stereocenters. The van der Waals surface area contributed by atoms with Gasteiger partial charge in [0.2, 0.25) is 11.8 Å². The van der Waals surface area contributed by atoms with E-state index in [1.807, 2.05) is 30.3 Å². The Balaban J connectivity index is 1.58. The third kappa shape index (κ3) is 3.95. The summed E-state index contributed by atoms with van der Waals surface area (Å²) in [4.78, 5) is 12.3. The summed E-state index contributed by atoms with van der Waals surface area (Å²) in [5.74, 6) is -0.331. The van der Waals surface area contributed by atoms with Gasteiger partial charge in [-0.3, -0.25) is 10.1 Å². The molecule has 0 aliphatic carbocycles. The predicted molar refractivity (Wildman–Crippen MR) is 85.5 cm³/mol. The van der Waals surface area contributed by atoms with E-state index >= 15 is 0 Å². The Bertz CT molecular complexity index is 808. The van der Waals surface area contributed by atoms with Gasteiger partial charge >= 0.3 is 6.01 Å². The molecule has 0 spiro atoms. The fourth-order valence-corrected chi connectivity index (χ4v) is 2.57. The van der Waals surface area contributed by atoms with Crippen LogP contribution in [0.3, 0.4) is 0 Å². The van der Waals surface area contributed by atoms with Crippen molar-refractivity contribution in [2.45, 2.75) is 4.90 Å². The second-order valence-corrected chi connectivity index (χ2v) is 5.56. The van der Waals surface area contributed by atoms with Crippen molar-refractivity contribution in [2.24, 2.45) is 0 Å². The normalized spacial score (nSPS) is 10.5. The van der Waals surface area contributed by atoms with Crippen LogP contribution in [0.15, 0.2) is 63.9 Å². The molecular weight excluding hydrogens is 317 g/mol. The Morgan fingerprint density at radius 2 is 1.83 bits per heavy atom. The highest BCUT2D eigenvalue weighted by Crippen LogP contribution is 2.22. The zero-order valence-corrected chi connectivity index (χ0v) is 12.7. The number of benzene rings is 2. The van der Waals surface area contributed by atoms with Gasteiger partial charge in [-0.25, -0.2) is 4.39 Å². The fourth-order valence-electron chi connectivity index (χ4n) is 1.83. The largest absolute Gasteiger partial charge is 0.403 e. The molecule has 0 saturated heterocycles. The van der Waals surface area contributed by atoms with Crippen molar-refractivity contribution in [1.29, 1.82) is 0 Å². The van der Waals surface area contributed by atoms with Crippen LogP contribution in [-0.2, 0) is 4.79 Å². The number of hydrogen-bond acceptors (Lipinski definition) is 5. The molecule has 0 aliphatic heterocycles. The van der Waals surface area contributed by atoms with Gasteiger partial charge in [0.05, 0.1) is 5.75 Å². The van der Waals surface area contributed by atoms with Crippen LogP contribution in [0.4, 0.5) is 10.4 Å². The molecule has 3 rings (SSSR count). The van der Waals surface area contributed by atoms with Crippen molar-refractivity contribution in [1.82, 2.24) is 10.2 Å². The number of nitrogens with zero attached hydrogens (tertiary/aromatic N) is 2. The lowest BCUT2D eigenvalue weighted by Crippen LogP contribution is -2.14. The molecule has 0 fully saturated rings. The van der Waals surface area contributed by atoms with E-state index in [1.54, 1.807) is 18.2 Å². The van der Waals surface area contributed by atoms with Crippen LogP contribution in [0.1, 0.15) is 0 Å². The first-order valence-corrected chi connectivity index (χ1v) is 7.77. The standard InChI is InChI=1S/C16H12FN3O2S/c17-12-8-4-5-9-13(12)23-10-14(21)18-16-20-19-15(22-16)11-6-2-1-3-7-11/h1-9H,10H2,(H,18,20,21). The van der Waals surface area contributed by atoms with Crippen molar-refractivity contribution in [2.75, 3.05) is 11.1 Å². The number of aromatic nitrogens is 2. The van der Waals surface area contributed by atoms with Crippen molar-refractivity contribution < 1.29 is 13.6 Å². The van der Waals surface area contributed by atoms with Crippen molar-refractivity contribution >= 4 is 23.7 Å². The van der Waals surface area contributed by atoms with Crippen LogP contribution in [0.25, 0.3) is 11.5 Å². The minimum atomic E-state index is -0.352. The number of halogens is 1. The first kappa shape index (κ1) is 15.2. The SMILES string of the molecule is O=C(CSc1ccccc1F)Nc1nnc(-c2ccccc2)o1. The average molecular weight is 329 g/mol. The Labute approximate surface area is 135 Å². The molecule has 0 bridgehead atoms. The molecule has 0 unspecified atom stereocenters. The maximum atomic E-state index is 13.5. The summed E-state index contributed by atoms with van der Waals surface area (Å²) in [6, 6.07) is 15.5. The molecule has 2 aromatic carbocycles. The van der Waals surface area contributed by atoms with Crippen molar-refractivity contribution in [3.63, 3.8) is 0 Å². The molecule has 0 aliphatic rings. The maximum Gasteiger partial charge on any atom is 0.322 e. The van der Waals surface area contributed by atoms with Crippen LogP contribution in [0, 0.1) is 5.82 Å². The third-order valence-corrected chi connectivity index (χ3v) is 3.94. The van der Waals surface area contributed by atoms with E-state index < -0.39 is 0 Å². The summed E-state index contributed by atoms with van der Waals surface area (Å²) in [6.45, 7) is 0. The lowest BCUT2D eigenvalue weighted by molar-refractivity contribution is -0.113. The zero-order chi connectivity index (χ0) is 16.1. The summed E-state index contributed by atoms with van der Waals surface area (Å²) >= 11 is 1.10. The average Bonchev–Trinajstić information content (AvgIpc) is 3.03. The summed E-state index contributed by atoms with van der Waals surface area (Å²) in [5.41, 5.74) is 0.765. The number of hydrogen-bond donors (Lipinski definition) is 1. The second-order valence-electron chi connectivity index (χ2n) is 4.55. The smallest absolute Gasteiger partial charge is 0.322 e. The van der Waals surface area contributed by atoms with Crippen LogP contribution in [0.2, 0.25) is 0 Å². The summed E-state index contributed by atoms with van der Waals surface area (Å²) in [5, 5.41) is 10.1. The number of carbonyl (C=O) groups excluding carboxylic acids is 1. The monoisotopic (exact) mass is 329 g/mol. The zero-order valence-electron chi connectivity index (χ0n) is 11.9. The fraction of sp³-hybridized carbons (Fsp3) is 0.0625. The van der Waals surface area contributed by atoms with Gasteiger partial charge in [0.25, 0.3) is 0 Å². The van der Waals surface area contributed by atoms with E-state index in [0.717, 1.165) is 17.3 Å². The molecule has 116 valence electrons. The van der Waals surface area contributed by atoms with Gasteiger partial charge in [0.1, 0.15) is 5.82 Å². The quantitative estimate of drug-likeness (QED) is 0.724. The number of nitrogens with one attached hydrogen (secondary N) is 1. The maximum absolute atomic E-state index is 13.5. The molecule has 5 nitrogen and oxygen atoms in total. The van der Waals surface area contributed by atoms with Gasteiger partial charge in [-0.05, 0) is 24.3 Å². The first-order valence-electron chi connectivity index (χ1n) is 6.78. The lowest BCUT2D eigenvalue weighted by Gasteiger charge is -2.02. The molecule has 0 radical (unpaired) electrons. The molecule has 23 heavy (non-hydrogen) atoms. The van der Waals surface area contributed by atoms with Crippen LogP contribution < -0.4 is 5.32 Å². The van der Waals surface area contributed by atoms with Gasteiger partial charge < -0.3 is 4.42 Å². The van der Waals surface area contributed by atoms with Gasteiger partial charge in [-0.1, -0.05) is 35.4 Å². The van der Waals surface area contributed by atoms with E-state index in [4.69, 9.17) is 4.42 Å².